The first-order valence-corrected chi connectivity index (χ1v) is 21.4. The molecule has 3 aliphatic heterocycles. The zero-order chi connectivity index (χ0) is 23.3. The van der Waals surface area contributed by atoms with Crippen molar-refractivity contribution >= 4 is 34.2 Å². The Bertz CT molecular complexity index is 599. The van der Waals surface area contributed by atoms with Crippen LogP contribution in [0.2, 0.25) is 38.3 Å². The lowest BCUT2D eigenvalue weighted by Crippen LogP contribution is -2.66. The summed E-state index contributed by atoms with van der Waals surface area (Å²) in [4.78, 5) is 0. The first-order valence-electron chi connectivity index (χ1n) is 11.6. The van der Waals surface area contributed by atoms with E-state index in [1.165, 1.54) is 0 Å². The number of rotatable bonds is 14. The van der Waals surface area contributed by atoms with Crippen molar-refractivity contribution in [3.63, 3.8) is 0 Å². The molecular weight excluding hydrogens is 481 g/mol. The fraction of sp³-hybridized carbons (Fsp3) is 0.800. The van der Waals surface area contributed by atoms with Crippen LogP contribution in [-0.2, 0) is 35.4 Å². The summed E-state index contributed by atoms with van der Waals surface area (Å²) in [6.45, 7) is 20.6. The molecule has 3 saturated heterocycles. The van der Waals surface area contributed by atoms with Gasteiger partial charge in [0.05, 0.1) is 26.4 Å². The van der Waals surface area contributed by atoms with E-state index in [-0.39, 0.29) is 12.2 Å². The molecule has 0 aromatic carbocycles. The number of hydrogen-bond acceptors (Lipinski definition) is 8. The summed E-state index contributed by atoms with van der Waals surface area (Å²) in [6, 6.07) is 1.62. The van der Waals surface area contributed by atoms with Crippen LogP contribution in [0, 0.1) is 0 Å². The van der Waals surface area contributed by atoms with E-state index >= 15 is 0 Å². The van der Waals surface area contributed by atoms with Crippen molar-refractivity contribution in [2.45, 2.75) is 63.3 Å². The number of hydrogen-bond donors (Lipinski definition) is 0. The van der Waals surface area contributed by atoms with Gasteiger partial charge in [0.2, 0.25) is 0 Å². The van der Waals surface area contributed by atoms with Gasteiger partial charge in [0.1, 0.15) is 12.2 Å². The molecule has 12 heteroatoms. The zero-order valence-corrected chi connectivity index (χ0v) is 24.1. The molecule has 0 radical (unpaired) electrons. The average molecular weight is 521 g/mol. The molecule has 0 N–H and O–H groups in total. The third kappa shape index (κ3) is 8.67. The Hall–Kier alpha value is 0.0275. The zero-order valence-electron chi connectivity index (χ0n) is 20.1. The SMILES string of the molecule is C=C[Si]1(C)O[Si](C)(C=C)O[Si](C)(CCCOCC2CO2)O[Si](C)(CCCOCC2CO2)O1. The van der Waals surface area contributed by atoms with E-state index in [1.807, 2.05) is 24.5 Å². The summed E-state index contributed by atoms with van der Waals surface area (Å²) in [5.74, 6) is 0. The van der Waals surface area contributed by atoms with Gasteiger partial charge in [-0.3, -0.25) is 0 Å². The van der Waals surface area contributed by atoms with Gasteiger partial charge in [-0.25, -0.2) is 0 Å². The number of epoxide rings is 2. The largest absolute Gasteiger partial charge is 0.416 e. The lowest BCUT2D eigenvalue weighted by molar-refractivity contribution is 0.114. The van der Waals surface area contributed by atoms with Gasteiger partial charge in [0.25, 0.3) is 0 Å². The summed E-state index contributed by atoms with van der Waals surface area (Å²) in [5, 5.41) is 0. The minimum absolute atomic E-state index is 0.279. The topological polar surface area (TPSA) is 80.4 Å². The molecule has 8 nitrogen and oxygen atoms in total. The van der Waals surface area contributed by atoms with E-state index in [0.29, 0.717) is 26.4 Å². The van der Waals surface area contributed by atoms with E-state index in [4.69, 9.17) is 35.4 Å². The number of ether oxygens (including phenoxy) is 4. The predicted octanol–water partition coefficient (Wildman–Crippen LogP) is 3.42. The molecule has 32 heavy (non-hydrogen) atoms. The lowest BCUT2D eigenvalue weighted by atomic mass is 10.5. The van der Waals surface area contributed by atoms with E-state index < -0.39 is 34.2 Å². The van der Waals surface area contributed by atoms with Crippen LogP contribution in [0.4, 0.5) is 0 Å². The Morgan fingerprint density at radius 2 is 1.12 bits per heavy atom. The Labute approximate surface area is 197 Å². The van der Waals surface area contributed by atoms with Crippen molar-refractivity contribution in [1.29, 1.82) is 0 Å². The van der Waals surface area contributed by atoms with Gasteiger partial charge in [-0.05, 0) is 51.1 Å². The predicted molar refractivity (Wildman–Crippen MR) is 131 cm³/mol. The minimum atomic E-state index is -2.68. The third-order valence-electron chi connectivity index (χ3n) is 5.67. The van der Waals surface area contributed by atoms with Crippen LogP contribution in [0.1, 0.15) is 12.8 Å². The normalized spacial score (nSPS) is 41.5. The van der Waals surface area contributed by atoms with Gasteiger partial charge < -0.3 is 35.4 Å². The average Bonchev–Trinajstić information content (AvgIpc) is 3.61. The monoisotopic (exact) mass is 520 g/mol. The Kier molecular flexibility index (Phi) is 9.30. The highest BCUT2D eigenvalue weighted by Gasteiger charge is 2.55. The highest BCUT2D eigenvalue weighted by Crippen LogP contribution is 2.36. The molecule has 3 rings (SSSR count). The van der Waals surface area contributed by atoms with E-state index in [0.717, 1.165) is 38.1 Å². The van der Waals surface area contributed by atoms with Gasteiger partial charge in [-0.15, -0.1) is 13.2 Å². The second kappa shape index (κ2) is 11.2. The van der Waals surface area contributed by atoms with Gasteiger partial charge in [-0.2, -0.15) is 0 Å². The summed E-state index contributed by atoms with van der Waals surface area (Å²) in [5.41, 5.74) is 3.66. The van der Waals surface area contributed by atoms with Gasteiger partial charge in [0.15, 0.2) is 0 Å². The summed E-state index contributed by atoms with van der Waals surface area (Å²) < 4.78 is 48.9. The van der Waals surface area contributed by atoms with Gasteiger partial charge in [0, 0.05) is 13.2 Å². The Morgan fingerprint density at radius 1 is 0.719 bits per heavy atom. The van der Waals surface area contributed by atoms with Gasteiger partial charge in [-0.1, -0.05) is 11.4 Å². The molecule has 3 heterocycles. The van der Waals surface area contributed by atoms with Crippen molar-refractivity contribution in [2.75, 3.05) is 39.6 Å². The molecule has 0 aliphatic carbocycles. The van der Waals surface area contributed by atoms with E-state index in [9.17, 15) is 0 Å². The van der Waals surface area contributed by atoms with Crippen molar-refractivity contribution in [3.05, 3.63) is 24.6 Å². The maximum absolute atomic E-state index is 6.91. The van der Waals surface area contributed by atoms with Crippen LogP contribution in [0.5, 0.6) is 0 Å². The maximum atomic E-state index is 6.91. The summed E-state index contributed by atoms with van der Waals surface area (Å²) >= 11 is 0. The van der Waals surface area contributed by atoms with Crippen molar-refractivity contribution in [1.82, 2.24) is 0 Å². The fourth-order valence-corrected chi connectivity index (χ4v) is 24.4. The van der Waals surface area contributed by atoms with Crippen molar-refractivity contribution in [3.8, 4) is 0 Å². The van der Waals surface area contributed by atoms with Crippen LogP contribution < -0.4 is 0 Å². The second-order valence-electron chi connectivity index (χ2n) is 9.38. The highest BCUT2D eigenvalue weighted by molar-refractivity contribution is 6.96. The van der Waals surface area contributed by atoms with Crippen LogP contribution in [0.15, 0.2) is 24.6 Å². The van der Waals surface area contributed by atoms with Crippen LogP contribution in [0.3, 0.4) is 0 Å². The first kappa shape index (κ1) is 26.6. The molecule has 6 atom stereocenters. The van der Waals surface area contributed by atoms with Crippen LogP contribution in [0.25, 0.3) is 0 Å². The highest BCUT2D eigenvalue weighted by atomic mass is 28.5. The molecule has 0 amide bonds. The molecule has 3 fully saturated rings. The van der Waals surface area contributed by atoms with E-state index in [2.05, 4.69) is 26.3 Å². The quantitative estimate of drug-likeness (QED) is 0.196. The summed E-state index contributed by atoms with van der Waals surface area (Å²) in [6.07, 6.45) is 2.28. The van der Waals surface area contributed by atoms with Crippen molar-refractivity contribution < 1.29 is 35.4 Å². The Morgan fingerprint density at radius 3 is 1.47 bits per heavy atom. The van der Waals surface area contributed by atoms with E-state index in [1.54, 1.807) is 0 Å². The second-order valence-corrected chi connectivity index (χ2v) is 23.1. The Balaban J connectivity index is 1.63. The summed E-state index contributed by atoms with van der Waals surface area (Å²) in [7, 11) is -10.6. The molecule has 6 unspecified atom stereocenters. The van der Waals surface area contributed by atoms with Gasteiger partial charge >= 0.3 is 34.2 Å². The molecule has 0 spiro atoms. The smallest absolute Gasteiger partial charge is 0.343 e. The van der Waals surface area contributed by atoms with Crippen molar-refractivity contribution in [2.24, 2.45) is 0 Å². The lowest BCUT2D eigenvalue weighted by Gasteiger charge is -2.48. The maximum Gasteiger partial charge on any atom is 0.343 e. The van der Waals surface area contributed by atoms with Crippen LogP contribution >= 0.6 is 0 Å². The standard InChI is InChI=1S/C20H40O8Si4/c1-7-29(3)25-30(4,8-2)27-32(6,14-10-12-22-16-20-18-24-20)28-31(5,26-29)13-9-11-21-15-19-17-23-19/h7-8,19-20H,1-2,9-18H2,3-6H3. The fourth-order valence-electron chi connectivity index (χ4n) is 3.92. The molecule has 0 bridgehead atoms. The molecule has 0 aromatic heterocycles. The third-order valence-corrected chi connectivity index (χ3v) is 23.1. The molecule has 3 aliphatic rings. The molecule has 184 valence electrons. The minimum Gasteiger partial charge on any atom is -0.416 e. The molecular formula is C20H40O8Si4. The molecule has 0 aromatic rings. The first-order chi connectivity index (χ1) is 15.1. The molecule has 0 saturated carbocycles. The van der Waals surface area contributed by atoms with Crippen LogP contribution in [-0.4, -0.2) is 86.1 Å².